The van der Waals surface area contributed by atoms with E-state index in [2.05, 4.69) is 26.6 Å². The molecule has 2 aromatic rings. The first-order chi connectivity index (χ1) is 10.6. The lowest BCUT2D eigenvalue weighted by atomic mass is 10.1. The van der Waals surface area contributed by atoms with E-state index in [0.29, 0.717) is 10.0 Å². The Hall–Kier alpha value is -2.14. The molecule has 2 N–H and O–H groups in total. The highest BCUT2D eigenvalue weighted by Crippen LogP contribution is 2.15. The number of hydrogen-bond donors (Lipinski definition) is 2. The maximum Gasteiger partial charge on any atom is 0.252 e. The topological polar surface area (TPSA) is 58.2 Å². The van der Waals surface area contributed by atoms with Crippen LogP contribution < -0.4 is 10.6 Å². The van der Waals surface area contributed by atoms with Crippen LogP contribution in [0.15, 0.2) is 59.1 Å². The molecule has 0 aliphatic rings. The van der Waals surface area contributed by atoms with E-state index in [0.717, 1.165) is 5.56 Å². The number of nitrogens with one attached hydrogen (secondary N) is 2. The second-order valence-electron chi connectivity index (χ2n) is 4.86. The van der Waals surface area contributed by atoms with Crippen LogP contribution in [0.2, 0.25) is 0 Å². The Labute approximate surface area is 138 Å². The van der Waals surface area contributed by atoms with Gasteiger partial charge in [0.1, 0.15) is 0 Å². The minimum atomic E-state index is -0.282. The summed E-state index contributed by atoms with van der Waals surface area (Å²) in [5.41, 5.74) is 1.53. The second-order valence-corrected chi connectivity index (χ2v) is 5.72. The van der Waals surface area contributed by atoms with Gasteiger partial charge in [0.05, 0.1) is 18.2 Å². The van der Waals surface area contributed by atoms with Crippen LogP contribution in [-0.4, -0.2) is 18.4 Å². The van der Waals surface area contributed by atoms with Gasteiger partial charge >= 0.3 is 0 Å². The summed E-state index contributed by atoms with van der Waals surface area (Å²) in [7, 11) is 0. The molecule has 0 saturated heterocycles. The van der Waals surface area contributed by atoms with Gasteiger partial charge in [0.15, 0.2) is 0 Å². The fraction of sp³-hybridized carbons (Fsp3) is 0.176. The van der Waals surface area contributed by atoms with Crippen LogP contribution in [-0.2, 0) is 4.79 Å². The lowest BCUT2D eigenvalue weighted by molar-refractivity contribution is -0.120. The molecule has 114 valence electrons. The Kier molecular flexibility index (Phi) is 5.72. The molecular formula is C17H17BrN2O2. The van der Waals surface area contributed by atoms with Crippen molar-refractivity contribution in [3.05, 3.63) is 70.2 Å². The summed E-state index contributed by atoms with van der Waals surface area (Å²) in [6.07, 6.45) is 0. The third kappa shape index (κ3) is 4.43. The Morgan fingerprint density at radius 1 is 1.05 bits per heavy atom. The molecule has 2 aromatic carbocycles. The zero-order valence-electron chi connectivity index (χ0n) is 12.2. The van der Waals surface area contributed by atoms with Gasteiger partial charge in [-0.1, -0.05) is 42.5 Å². The quantitative estimate of drug-likeness (QED) is 0.860. The van der Waals surface area contributed by atoms with Gasteiger partial charge in [-0.3, -0.25) is 9.59 Å². The summed E-state index contributed by atoms with van der Waals surface area (Å²) in [6, 6.07) is 16.7. The SMILES string of the molecule is CC(NC(=O)CNC(=O)c1ccccc1Br)c1ccccc1. The summed E-state index contributed by atoms with van der Waals surface area (Å²) in [5, 5.41) is 5.47. The molecule has 0 fully saturated rings. The van der Waals surface area contributed by atoms with E-state index >= 15 is 0 Å². The summed E-state index contributed by atoms with van der Waals surface area (Å²) < 4.78 is 0.700. The zero-order chi connectivity index (χ0) is 15.9. The molecule has 0 bridgehead atoms. The Morgan fingerprint density at radius 3 is 2.36 bits per heavy atom. The van der Waals surface area contributed by atoms with Gasteiger partial charge in [0.25, 0.3) is 5.91 Å². The number of hydrogen-bond acceptors (Lipinski definition) is 2. The molecular weight excluding hydrogens is 344 g/mol. The lowest BCUT2D eigenvalue weighted by Gasteiger charge is -2.14. The van der Waals surface area contributed by atoms with Crippen LogP contribution in [0.1, 0.15) is 28.9 Å². The number of benzene rings is 2. The predicted molar refractivity (Wildman–Crippen MR) is 89.5 cm³/mol. The van der Waals surface area contributed by atoms with E-state index in [-0.39, 0.29) is 24.4 Å². The maximum atomic E-state index is 12.0. The molecule has 2 rings (SSSR count). The van der Waals surface area contributed by atoms with Crippen LogP contribution in [0.5, 0.6) is 0 Å². The Morgan fingerprint density at radius 2 is 1.68 bits per heavy atom. The fourth-order valence-corrected chi connectivity index (χ4v) is 2.48. The van der Waals surface area contributed by atoms with Crippen molar-refractivity contribution in [1.29, 1.82) is 0 Å². The van der Waals surface area contributed by atoms with Crippen LogP contribution in [0.3, 0.4) is 0 Å². The van der Waals surface area contributed by atoms with Crippen molar-refractivity contribution < 1.29 is 9.59 Å². The number of carbonyl (C=O) groups excluding carboxylic acids is 2. The Balaban J connectivity index is 1.85. The molecule has 2 amide bonds. The van der Waals surface area contributed by atoms with Gasteiger partial charge in [-0.2, -0.15) is 0 Å². The van der Waals surface area contributed by atoms with Gasteiger partial charge in [0, 0.05) is 4.47 Å². The van der Waals surface area contributed by atoms with Crippen molar-refractivity contribution in [2.75, 3.05) is 6.54 Å². The highest BCUT2D eigenvalue weighted by atomic mass is 79.9. The molecule has 0 saturated carbocycles. The second kappa shape index (κ2) is 7.75. The third-order valence-electron chi connectivity index (χ3n) is 3.21. The first kappa shape index (κ1) is 16.2. The molecule has 0 aromatic heterocycles. The van der Waals surface area contributed by atoms with Gasteiger partial charge < -0.3 is 10.6 Å². The summed E-state index contributed by atoms with van der Waals surface area (Å²) in [6.45, 7) is 1.85. The van der Waals surface area contributed by atoms with E-state index in [1.165, 1.54) is 0 Å². The minimum absolute atomic E-state index is 0.0582. The average Bonchev–Trinajstić information content (AvgIpc) is 2.54. The Bertz CT molecular complexity index is 659. The smallest absolute Gasteiger partial charge is 0.252 e. The monoisotopic (exact) mass is 360 g/mol. The van der Waals surface area contributed by atoms with Crippen LogP contribution in [0.4, 0.5) is 0 Å². The number of amides is 2. The van der Waals surface area contributed by atoms with Gasteiger partial charge in [-0.05, 0) is 40.5 Å². The zero-order valence-corrected chi connectivity index (χ0v) is 13.8. The molecule has 0 aliphatic carbocycles. The molecule has 0 heterocycles. The van der Waals surface area contributed by atoms with Gasteiger partial charge in [0.2, 0.25) is 5.91 Å². The van der Waals surface area contributed by atoms with Crippen LogP contribution in [0.25, 0.3) is 0 Å². The van der Waals surface area contributed by atoms with E-state index < -0.39 is 0 Å². The van der Waals surface area contributed by atoms with Crippen molar-refractivity contribution in [2.45, 2.75) is 13.0 Å². The van der Waals surface area contributed by atoms with E-state index in [4.69, 9.17) is 0 Å². The standard InChI is InChI=1S/C17H17BrN2O2/c1-12(13-7-3-2-4-8-13)20-16(21)11-19-17(22)14-9-5-6-10-15(14)18/h2-10,12H,11H2,1H3,(H,19,22)(H,20,21). The van der Waals surface area contributed by atoms with Crippen LogP contribution >= 0.6 is 15.9 Å². The summed E-state index contributed by atoms with van der Waals surface area (Å²) >= 11 is 3.31. The number of carbonyl (C=O) groups is 2. The van der Waals surface area contributed by atoms with Gasteiger partial charge in [-0.15, -0.1) is 0 Å². The maximum absolute atomic E-state index is 12.0. The minimum Gasteiger partial charge on any atom is -0.348 e. The molecule has 4 nitrogen and oxygen atoms in total. The first-order valence-corrected chi connectivity index (χ1v) is 7.74. The molecule has 1 unspecified atom stereocenters. The summed E-state index contributed by atoms with van der Waals surface area (Å²) in [5.74, 6) is -0.508. The highest BCUT2D eigenvalue weighted by Gasteiger charge is 2.12. The molecule has 22 heavy (non-hydrogen) atoms. The van der Waals surface area contributed by atoms with Crippen molar-refractivity contribution in [3.63, 3.8) is 0 Å². The van der Waals surface area contributed by atoms with Crippen molar-refractivity contribution >= 4 is 27.7 Å². The van der Waals surface area contributed by atoms with E-state index in [1.54, 1.807) is 18.2 Å². The molecule has 1 atom stereocenters. The first-order valence-electron chi connectivity index (χ1n) is 6.95. The van der Waals surface area contributed by atoms with Crippen molar-refractivity contribution in [2.24, 2.45) is 0 Å². The highest BCUT2D eigenvalue weighted by molar-refractivity contribution is 9.10. The number of halogens is 1. The predicted octanol–water partition coefficient (Wildman–Crippen LogP) is 3.06. The molecule has 0 spiro atoms. The normalized spacial score (nSPS) is 11.5. The lowest BCUT2D eigenvalue weighted by Crippen LogP contribution is -2.38. The summed E-state index contributed by atoms with van der Waals surface area (Å²) in [4.78, 5) is 23.9. The third-order valence-corrected chi connectivity index (χ3v) is 3.90. The molecule has 5 heteroatoms. The van der Waals surface area contributed by atoms with Gasteiger partial charge in [-0.25, -0.2) is 0 Å². The van der Waals surface area contributed by atoms with Crippen molar-refractivity contribution in [3.8, 4) is 0 Å². The van der Waals surface area contributed by atoms with Crippen molar-refractivity contribution in [1.82, 2.24) is 10.6 Å². The van der Waals surface area contributed by atoms with Crippen LogP contribution in [0, 0.1) is 0 Å². The van der Waals surface area contributed by atoms with E-state index in [9.17, 15) is 9.59 Å². The number of rotatable bonds is 5. The van der Waals surface area contributed by atoms with E-state index in [1.807, 2.05) is 43.3 Å². The fourth-order valence-electron chi connectivity index (χ4n) is 2.02. The molecule has 0 radical (unpaired) electrons. The average molecular weight is 361 g/mol. The largest absolute Gasteiger partial charge is 0.348 e. The molecule has 0 aliphatic heterocycles.